The lowest BCUT2D eigenvalue weighted by Gasteiger charge is -2.25. The summed E-state index contributed by atoms with van der Waals surface area (Å²) in [6, 6.07) is 9.76. The lowest BCUT2D eigenvalue weighted by Crippen LogP contribution is -2.30. The largest absolute Gasteiger partial charge is 0.370 e. The minimum atomic E-state index is -3.41. The molecule has 25 heavy (non-hydrogen) atoms. The fourth-order valence-corrected chi connectivity index (χ4v) is 5.87. The second kappa shape index (κ2) is 6.18. The molecule has 6 heteroatoms. The summed E-state index contributed by atoms with van der Waals surface area (Å²) in [5.74, 6) is 0. The standard InChI is InChI=1S/C19H25N3O2S/c1-3-20-11-6-12-21(14-13-20)16-9-10-17-19-15(16)7-5-8-18(19)25(23,24)22(17)4-2/h5,7-10H,3-4,6,11-14H2,1-2H3. The molecule has 0 saturated carbocycles. The average molecular weight is 359 g/mol. The van der Waals surface area contributed by atoms with Crippen molar-refractivity contribution in [2.75, 3.05) is 48.5 Å². The number of rotatable bonds is 3. The number of hydrogen-bond acceptors (Lipinski definition) is 4. The van der Waals surface area contributed by atoms with Crippen LogP contribution in [0.5, 0.6) is 0 Å². The Morgan fingerprint density at radius 1 is 0.920 bits per heavy atom. The number of sulfonamides is 1. The molecule has 2 aliphatic heterocycles. The topological polar surface area (TPSA) is 43.9 Å². The Bertz CT molecular complexity index is 910. The first-order valence-electron chi connectivity index (χ1n) is 9.13. The average Bonchev–Trinajstić information content (AvgIpc) is 2.77. The molecule has 134 valence electrons. The molecule has 0 radical (unpaired) electrons. The van der Waals surface area contributed by atoms with E-state index in [0.717, 1.165) is 61.3 Å². The van der Waals surface area contributed by atoms with Crippen LogP contribution in [0.2, 0.25) is 0 Å². The molecule has 0 N–H and O–H groups in total. The van der Waals surface area contributed by atoms with Crippen molar-refractivity contribution in [2.24, 2.45) is 0 Å². The molecular weight excluding hydrogens is 334 g/mol. The Kier molecular flexibility index (Phi) is 4.12. The summed E-state index contributed by atoms with van der Waals surface area (Å²) < 4.78 is 27.2. The minimum absolute atomic E-state index is 0.453. The molecule has 1 saturated heterocycles. The Balaban J connectivity index is 1.84. The van der Waals surface area contributed by atoms with Crippen LogP contribution >= 0.6 is 0 Å². The van der Waals surface area contributed by atoms with Crippen LogP contribution in [0.1, 0.15) is 20.3 Å². The highest BCUT2D eigenvalue weighted by Crippen LogP contribution is 2.45. The summed E-state index contributed by atoms with van der Waals surface area (Å²) in [5.41, 5.74) is 1.98. The molecule has 1 fully saturated rings. The zero-order chi connectivity index (χ0) is 17.6. The van der Waals surface area contributed by atoms with Gasteiger partial charge in [-0.2, -0.15) is 0 Å². The van der Waals surface area contributed by atoms with Gasteiger partial charge in [0, 0.05) is 42.6 Å². The van der Waals surface area contributed by atoms with Crippen molar-refractivity contribution in [2.45, 2.75) is 25.2 Å². The van der Waals surface area contributed by atoms with Crippen molar-refractivity contribution in [1.82, 2.24) is 4.90 Å². The predicted molar refractivity (Wildman–Crippen MR) is 103 cm³/mol. The fourth-order valence-electron chi connectivity index (χ4n) is 4.15. The summed E-state index contributed by atoms with van der Waals surface area (Å²) >= 11 is 0. The van der Waals surface area contributed by atoms with E-state index < -0.39 is 10.0 Å². The molecule has 4 rings (SSSR count). The van der Waals surface area contributed by atoms with Crippen LogP contribution in [0.15, 0.2) is 35.2 Å². The van der Waals surface area contributed by atoms with E-state index >= 15 is 0 Å². The molecule has 2 aliphatic rings. The van der Waals surface area contributed by atoms with Gasteiger partial charge in [0.1, 0.15) is 0 Å². The summed E-state index contributed by atoms with van der Waals surface area (Å²) in [6.45, 7) is 9.82. The van der Waals surface area contributed by atoms with Crippen molar-refractivity contribution in [3.05, 3.63) is 30.3 Å². The molecule has 2 aromatic rings. The molecule has 2 heterocycles. The normalized spacial score (nSPS) is 20.2. The van der Waals surface area contributed by atoms with E-state index in [1.54, 1.807) is 6.07 Å². The minimum Gasteiger partial charge on any atom is -0.370 e. The molecular formula is C19H25N3O2S. The van der Waals surface area contributed by atoms with Gasteiger partial charge in [0.25, 0.3) is 10.0 Å². The van der Waals surface area contributed by atoms with Crippen LogP contribution in [-0.4, -0.2) is 52.6 Å². The third-order valence-electron chi connectivity index (χ3n) is 5.46. The Morgan fingerprint density at radius 3 is 2.48 bits per heavy atom. The third-order valence-corrected chi connectivity index (χ3v) is 7.39. The van der Waals surface area contributed by atoms with Gasteiger partial charge in [-0.05, 0) is 44.6 Å². The van der Waals surface area contributed by atoms with E-state index in [2.05, 4.69) is 28.9 Å². The zero-order valence-corrected chi connectivity index (χ0v) is 15.7. The Labute approximate surface area is 149 Å². The van der Waals surface area contributed by atoms with Gasteiger partial charge in [-0.15, -0.1) is 0 Å². The number of likely N-dealkylation sites (N-methyl/N-ethyl adjacent to an activating group) is 1. The van der Waals surface area contributed by atoms with Gasteiger partial charge < -0.3 is 9.80 Å². The molecule has 0 aliphatic carbocycles. The summed E-state index contributed by atoms with van der Waals surface area (Å²) in [5, 5.41) is 1.94. The molecule has 0 spiro atoms. The smallest absolute Gasteiger partial charge is 0.265 e. The van der Waals surface area contributed by atoms with Gasteiger partial charge in [0.2, 0.25) is 0 Å². The lowest BCUT2D eigenvalue weighted by molar-refractivity contribution is 0.310. The zero-order valence-electron chi connectivity index (χ0n) is 14.9. The Hall–Kier alpha value is -1.79. The van der Waals surface area contributed by atoms with Crippen molar-refractivity contribution in [3.8, 4) is 0 Å². The summed E-state index contributed by atoms with van der Waals surface area (Å²) in [7, 11) is -3.41. The van der Waals surface area contributed by atoms with Gasteiger partial charge in [-0.25, -0.2) is 8.42 Å². The molecule has 0 atom stereocenters. The second-order valence-corrected chi connectivity index (χ2v) is 8.56. The quantitative estimate of drug-likeness (QED) is 0.845. The maximum absolute atomic E-state index is 12.8. The highest BCUT2D eigenvalue weighted by molar-refractivity contribution is 7.93. The van der Waals surface area contributed by atoms with Crippen molar-refractivity contribution >= 4 is 32.2 Å². The van der Waals surface area contributed by atoms with E-state index in [-0.39, 0.29) is 0 Å². The number of benzene rings is 2. The van der Waals surface area contributed by atoms with E-state index in [9.17, 15) is 8.42 Å². The molecule has 5 nitrogen and oxygen atoms in total. The van der Waals surface area contributed by atoms with Gasteiger partial charge >= 0.3 is 0 Å². The first-order chi connectivity index (χ1) is 12.1. The van der Waals surface area contributed by atoms with E-state index in [0.29, 0.717) is 11.4 Å². The van der Waals surface area contributed by atoms with Gasteiger partial charge in [0.15, 0.2) is 0 Å². The van der Waals surface area contributed by atoms with E-state index in [1.165, 1.54) is 4.31 Å². The highest BCUT2D eigenvalue weighted by Gasteiger charge is 2.35. The SMILES string of the molecule is CCN1CCCN(c2ccc3c4c(cccc24)S(=O)(=O)N3CC)CC1. The van der Waals surface area contributed by atoms with Gasteiger partial charge in [-0.3, -0.25) is 4.31 Å². The van der Waals surface area contributed by atoms with Gasteiger partial charge in [-0.1, -0.05) is 19.1 Å². The second-order valence-electron chi connectivity index (χ2n) is 6.73. The van der Waals surface area contributed by atoms with Crippen LogP contribution in [0.4, 0.5) is 11.4 Å². The number of hydrogen-bond donors (Lipinski definition) is 0. The molecule has 0 aromatic heterocycles. The van der Waals surface area contributed by atoms with Crippen LogP contribution in [0.3, 0.4) is 0 Å². The predicted octanol–water partition coefficient (Wildman–Crippen LogP) is 2.90. The van der Waals surface area contributed by atoms with Gasteiger partial charge in [0.05, 0.1) is 10.6 Å². The van der Waals surface area contributed by atoms with Crippen LogP contribution in [0.25, 0.3) is 10.8 Å². The highest BCUT2D eigenvalue weighted by atomic mass is 32.2. The monoisotopic (exact) mass is 359 g/mol. The molecule has 0 bridgehead atoms. The first kappa shape index (κ1) is 16.7. The molecule has 2 aromatic carbocycles. The van der Waals surface area contributed by atoms with Crippen molar-refractivity contribution in [1.29, 1.82) is 0 Å². The molecule has 0 amide bonds. The van der Waals surface area contributed by atoms with Crippen molar-refractivity contribution in [3.63, 3.8) is 0 Å². The molecule has 0 unspecified atom stereocenters. The third kappa shape index (κ3) is 2.50. The van der Waals surface area contributed by atoms with Crippen LogP contribution in [-0.2, 0) is 10.0 Å². The van der Waals surface area contributed by atoms with Crippen LogP contribution < -0.4 is 9.21 Å². The van der Waals surface area contributed by atoms with E-state index in [4.69, 9.17) is 0 Å². The summed E-state index contributed by atoms with van der Waals surface area (Å²) in [6.07, 6.45) is 1.14. The van der Waals surface area contributed by atoms with Crippen molar-refractivity contribution < 1.29 is 8.42 Å². The lowest BCUT2D eigenvalue weighted by atomic mass is 10.1. The van der Waals surface area contributed by atoms with E-state index in [1.807, 2.05) is 19.1 Å². The maximum atomic E-state index is 12.8. The fraction of sp³-hybridized carbons (Fsp3) is 0.474. The number of nitrogens with zero attached hydrogens (tertiary/aromatic N) is 3. The van der Waals surface area contributed by atoms with Crippen LogP contribution in [0, 0.1) is 0 Å². The maximum Gasteiger partial charge on any atom is 0.265 e. The number of anilines is 2. The summed E-state index contributed by atoms with van der Waals surface area (Å²) in [4.78, 5) is 5.34. The first-order valence-corrected chi connectivity index (χ1v) is 10.6. The Morgan fingerprint density at radius 2 is 1.72 bits per heavy atom.